The largest absolute Gasteiger partial charge is 0.274 e. The zero-order valence-electron chi connectivity index (χ0n) is 15.2. The Morgan fingerprint density at radius 3 is 2.41 bits per heavy atom. The Kier molecular flexibility index (Phi) is 4.65. The highest BCUT2D eigenvalue weighted by molar-refractivity contribution is 7.99. The molecule has 0 radical (unpaired) electrons. The van der Waals surface area contributed by atoms with E-state index in [1.165, 1.54) is 4.90 Å². The number of rotatable bonds is 6. The molecule has 7 nitrogen and oxygen atoms in total. The van der Waals surface area contributed by atoms with Crippen molar-refractivity contribution >= 4 is 29.4 Å². The molecule has 3 heterocycles. The molecule has 2 amide bonds. The number of amides is 2. The molecule has 3 aromatic rings. The van der Waals surface area contributed by atoms with Gasteiger partial charge in [-0.15, -0.1) is 10.2 Å². The number of aromatic nitrogens is 4. The van der Waals surface area contributed by atoms with E-state index in [-0.39, 0.29) is 11.8 Å². The molecule has 0 atom stereocenters. The van der Waals surface area contributed by atoms with E-state index in [0.717, 1.165) is 35.1 Å². The maximum absolute atomic E-state index is 12.3. The van der Waals surface area contributed by atoms with Gasteiger partial charge in [0.15, 0.2) is 5.16 Å². The molecule has 1 aliphatic heterocycles. The topological polar surface area (TPSA) is 80.5 Å². The van der Waals surface area contributed by atoms with Crippen LogP contribution >= 0.6 is 11.8 Å². The van der Waals surface area contributed by atoms with E-state index in [4.69, 9.17) is 0 Å². The minimum Gasteiger partial charge on any atom is -0.274 e. The van der Waals surface area contributed by atoms with Gasteiger partial charge in [-0.1, -0.05) is 23.9 Å². The van der Waals surface area contributed by atoms with Crippen molar-refractivity contribution in [2.45, 2.75) is 31.8 Å². The van der Waals surface area contributed by atoms with Gasteiger partial charge >= 0.3 is 0 Å². The summed E-state index contributed by atoms with van der Waals surface area (Å²) >= 11 is 1.61. The highest BCUT2D eigenvalue weighted by Crippen LogP contribution is 2.24. The molecular weight excluding hydrogens is 362 g/mol. The van der Waals surface area contributed by atoms with Crippen molar-refractivity contribution in [1.82, 2.24) is 24.5 Å². The third-order valence-corrected chi connectivity index (χ3v) is 5.56. The lowest BCUT2D eigenvalue weighted by Crippen LogP contribution is -2.30. The van der Waals surface area contributed by atoms with Crippen LogP contribution in [0.25, 0.3) is 5.78 Å². The van der Waals surface area contributed by atoms with Crippen molar-refractivity contribution in [2.24, 2.45) is 0 Å². The second-order valence-electron chi connectivity index (χ2n) is 6.52. The lowest BCUT2D eigenvalue weighted by molar-refractivity contribution is 0.0652. The predicted molar refractivity (Wildman–Crippen MR) is 102 cm³/mol. The molecule has 4 rings (SSSR count). The molecule has 1 aliphatic rings. The van der Waals surface area contributed by atoms with Crippen molar-refractivity contribution in [3.63, 3.8) is 0 Å². The van der Waals surface area contributed by atoms with Gasteiger partial charge in [0.2, 0.25) is 0 Å². The van der Waals surface area contributed by atoms with E-state index < -0.39 is 0 Å². The van der Waals surface area contributed by atoms with Gasteiger partial charge < -0.3 is 0 Å². The molecule has 0 bridgehead atoms. The maximum atomic E-state index is 12.3. The molecular formula is C19H19N5O2S. The zero-order valence-corrected chi connectivity index (χ0v) is 16.0. The first-order valence-corrected chi connectivity index (χ1v) is 9.82. The minimum atomic E-state index is -0.191. The van der Waals surface area contributed by atoms with Crippen molar-refractivity contribution in [2.75, 3.05) is 12.3 Å². The Labute approximate surface area is 160 Å². The van der Waals surface area contributed by atoms with Crippen LogP contribution < -0.4 is 0 Å². The van der Waals surface area contributed by atoms with Crippen LogP contribution in [-0.2, 0) is 0 Å². The molecule has 0 saturated heterocycles. The summed E-state index contributed by atoms with van der Waals surface area (Å²) < 4.78 is 1.95. The standard InChI is InChI=1S/C19H19N5O2S/c1-12-11-13(2)24-18(20-12)21-22-19(24)27-10-6-5-9-23-16(25)14-7-3-4-8-15(14)17(23)26/h3-4,7-8,11H,5-6,9-10H2,1-2H3. The molecule has 8 heteroatoms. The molecule has 0 saturated carbocycles. The first-order valence-electron chi connectivity index (χ1n) is 8.83. The number of benzene rings is 1. The minimum absolute atomic E-state index is 0.191. The number of aryl methyl sites for hydroxylation is 2. The van der Waals surface area contributed by atoms with Crippen LogP contribution in [0.4, 0.5) is 0 Å². The number of fused-ring (bicyclic) bond motifs is 2. The van der Waals surface area contributed by atoms with E-state index in [0.29, 0.717) is 23.4 Å². The lowest BCUT2D eigenvalue weighted by atomic mass is 10.1. The number of carbonyl (C=O) groups excluding carboxylic acids is 2. The van der Waals surface area contributed by atoms with Gasteiger partial charge in [-0.2, -0.15) is 0 Å². The molecule has 138 valence electrons. The van der Waals surface area contributed by atoms with Gasteiger partial charge in [-0.05, 0) is 44.9 Å². The Hall–Kier alpha value is -2.74. The van der Waals surface area contributed by atoms with E-state index in [1.54, 1.807) is 36.0 Å². The first-order chi connectivity index (χ1) is 13.1. The average molecular weight is 381 g/mol. The monoisotopic (exact) mass is 381 g/mol. The third kappa shape index (κ3) is 3.21. The van der Waals surface area contributed by atoms with Crippen molar-refractivity contribution < 1.29 is 9.59 Å². The van der Waals surface area contributed by atoms with Crippen molar-refractivity contribution in [3.05, 3.63) is 52.8 Å². The highest BCUT2D eigenvalue weighted by Gasteiger charge is 2.34. The van der Waals surface area contributed by atoms with Gasteiger partial charge in [0.05, 0.1) is 11.1 Å². The van der Waals surface area contributed by atoms with E-state index in [1.807, 2.05) is 24.3 Å². The number of hydrogen-bond donors (Lipinski definition) is 0. The molecule has 1 aromatic carbocycles. The molecule has 0 spiro atoms. The Morgan fingerprint density at radius 1 is 1.00 bits per heavy atom. The normalized spacial score (nSPS) is 13.6. The van der Waals surface area contributed by atoms with Crippen molar-refractivity contribution in [1.29, 1.82) is 0 Å². The molecule has 2 aromatic heterocycles. The lowest BCUT2D eigenvalue weighted by Gasteiger charge is -2.13. The SMILES string of the molecule is Cc1cc(C)n2c(SCCCCN3C(=O)c4ccccc4C3=O)nnc2n1. The molecule has 0 fully saturated rings. The fourth-order valence-electron chi connectivity index (χ4n) is 3.27. The number of carbonyl (C=O) groups is 2. The zero-order chi connectivity index (χ0) is 19.0. The van der Waals surface area contributed by atoms with Crippen LogP contribution in [0.5, 0.6) is 0 Å². The summed E-state index contributed by atoms with van der Waals surface area (Å²) in [4.78, 5) is 30.4. The van der Waals surface area contributed by atoms with Gasteiger partial charge in [-0.25, -0.2) is 4.98 Å². The van der Waals surface area contributed by atoms with Gasteiger partial charge in [0, 0.05) is 23.7 Å². The summed E-state index contributed by atoms with van der Waals surface area (Å²) in [6, 6.07) is 8.99. The molecule has 0 unspecified atom stereocenters. The second-order valence-corrected chi connectivity index (χ2v) is 7.58. The highest BCUT2D eigenvalue weighted by atomic mass is 32.2. The van der Waals surface area contributed by atoms with E-state index >= 15 is 0 Å². The first kappa shape index (κ1) is 17.7. The number of unbranched alkanes of at least 4 members (excludes halogenated alkanes) is 1. The summed E-state index contributed by atoms with van der Waals surface area (Å²) in [7, 11) is 0. The van der Waals surface area contributed by atoms with Crippen LogP contribution in [-0.4, -0.2) is 48.6 Å². The van der Waals surface area contributed by atoms with Crippen LogP contribution in [0.3, 0.4) is 0 Å². The van der Waals surface area contributed by atoms with Crippen LogP contribution in [0.1, 0.15) is 44.9 Å². The molecule has 0 aliphatic carbocycles. The van der Waals surface area contributed by atoms with Crippen molar-refractivity contribution in [3.8, 4) is 0 Å². The molecule has 0 N–H and O–H groups in total. The van der Waals surface area contributed by atoms with Gasteiger partial charge in [0.1, 0.15) is 0 Å². The van der Waals surface area contributed by atoms with Gasteiger partial charge in [-0.3, -0.25) is 18.9 Å². The third-order valence-electron chi connectivity index (χ3n) is 4.55. The van der Waals surface area contributed by atoms with E-state index in [2.05, 4.69) is 15.2 Å². The maximum Gasteiger partial charge on any atom is 0.261 e. The summed E-state index contributed by atoms with van der Waals surface area (Å²) in [5.74, 6) is 1.06. The number of imide groups is 1. The molecule has 27 heavy (non-hydrogen) atoms. The Morgan fingerprint density at radius 2 is 1.70 bits per heavy atom. The second kappa shape index (κ2) is 7.11. The Bertz CT molecular complexity index is 1010. The summed E-state index contributed by atoms with van der Waals surface area (Å²) in [5.41, 5.74) is 2.98. The van der Waals surface area contributed by atoms with Crippen LogP contribution in [0.2, 0.25) is 0 Å². The number of thioether (sulfide) groups is 1. The fourth-order valence-corrected chi connectivity index (χ4v) is 4.26. The number of hydrogen-bond acceptors (Lipinski definition) is 6. The smallest absolute Gasteiger partial charge is 0.261 e. The predicted octanol–water partition coefficient (Wildman–Crippen LogP) is 2.91. The van der Waals surface area contributed by atoms with Gasteiger partial charge in [0.25, 0.3) is 17.6 Å². The summed E-state index contributed by atoms with van der Waals surface area (Å²) in [6.45, 7) is 4.39. The average Bonchev–Trinajstić information content (AvgIpc) is 3.16. The van der Waals surface area contributed by atoms with Crippen LogP contribution in [0.15, 0.2) is 35.5 Å². The number of nitrogens with zero attached hydrogens (tertiary/aromatic N) is 5. The quantitative estimate of drug-likeness (QED) is 0.371. The van der Waals surface area contributed by atoms with Crippen LogP contribution in [0, 0.1) is 13.8 Å². The summed E-state index contributed by atoms with van der Waals surface area (Å²) in [5, 5.41) is 9.16. The van der Waals surface area contributed by atoms with E-state index in [9.17, 15) is 9.59 Å². The summed E-state index contributed by atoms with van der Waals surface area (Å²) in [6.07, 6.45) is 1.62. The fraction of sp³-hybridized carbons (Fsp3) is 0.316. The Balaban J connectivity index is 1.32.